The first kappa shape index (κ1) is 11.8. The summed E-state index contributed by atoms with van der Waals surface area (Å²) in [5.74, 6) is 1.68. The number of nitrogens with one attached hydrogen (secondary N) is 2. The largest absolute Gasteiger partial charge is 0.373 e. The fraction of sp³-hybridized carbons (Fsp3) is 0.400. The lowest BCUT2D eigenvalue weighted by atomic mass is 10.3. The average Bonchev–Trinajstić information content (AvgIpc) is 2.84. The third-order valence-corrected chi connectivity index (χ3v) is 3.27. The molecule has 0 aromatic carbocycles. The van der Waals surface area contributed by atoms with Gasteiger partial charge in [-0.1, -0.05) is 6.92 Å². The van der Waals surface area contributed by atoms with E-state index in [9.17, 15) is 0 Å². The van der Waals surface area contributed by atoms with Gasteiger partial charge in [0.1, 0.15) is 23.0 Å². The van der Waals surface area contributed by atoms with E-state index in [0.29, 0.717) is 0 Å². The van der Waals surface area contributed by atoms with Crippen LogP contribution in [-0.2, 0) is 6.42 Å². The van der Waals surface area contributed by atoms with Gasteiger partial charge in [-0.2, -0.15) is 5.10 Å². The van der Waals surface area contributed by atoms with E-state index in [-0.39, 0.29) is 0 Å². The number of aromatic nitrogens is 5. The highest BCUT2D eigenvalue weighted by atomic mass is 32.2. The SMILES string of the molecule is CCc1nc(NC)c(C)c(Sc2ncn[nH]2)n1. The number of hydrogen-bond acceptors (Lipinski definition) is 6. The minimum absolute atomic E-state index is 0.732. The Labute approximate surface area is 104 Å². The van der Waals surface area contributed by atoms with Crippen molar-refractivity contribution < 1.29 is 0 Å². The maximum Gasteiger partial charge on any atom is 0.189 e. The highest BCUT2D eigenvalue weighted by Crippen LogP contribution is 2.28. The van der Waals surface area contributed by atoms with Crippen molar-refractivity contribution in [3.63, 3.8) is 0 Å². The number of aromatic amines is 1. The summed E-state index contributed by atoms with van der Waals surface area (Å²) in [6.45, 7) is 4.02. The summed E-state index contributed by atoms with van der Waals surface area (Å²) in [5, 5.41) is 11.3. The van der Waals surface area contributed by atoms with Gasteiger partial charge >= 0.3 is 0 Å². The summed E-state index contributed by atoms with van der Waals surface area (Å²) < 4.78 is 0. The number of rotatable bonds is 4. The molecule has 2 heterocycles. The van der Waals surface area contributed by atoms with E-state index in [0.717, 1.165) is 33.8 Å². The number of H-pyrrole nitrogens is 1. The van der Waals surface area contributed by atoms with Crippen molar-refractivity contribution >= 4 is 17.6 Å². The van der Waals surface area contributed by atoms with Crippen LogP contribution in [0, 0.1) is 6.92 Å². The zero-order chi connectivity index (χ0) is 12.3. The lowest BCUT2D eigenvalue weighted by Crippen LogP contribution is -2.04. The van der Waals surface area contributed by atoms with Crippen LogP contribution in [0.15, 0.2) is 16.5 Å². The molecule has 2 N–H and O–H groups in total. The van der Waals surface area contributed by atoms with E-state index in [4.69, 9.17) is 0 Å². The highest BCUT2D eigenvalue weighted by molar-refractivity contribution is 7.99. The molecule has 90 valence electrons. The zero-order valence-electron chi connectivity index (χ0n) is 9.98. The number of hydrogen-bond donors (Lipinski definition) is 2. The molecule has 0 atom stereocenters. The molecule has 0 spiro atoms. The third-order valence-electron chi connectivity index (χ3n) is 2.29. The Balaban J connectivity index is 2.38. The zero-order valence-corrected chi connectivity index (χ0v) is 10.8. The molecule has 0 aliphatic carbocycles. The van der Waals surface area contributed by atoms with Crippen LogP contribution in [0.4, 0.5) is 5.82 Å². The molecule has 2 rings (SSSR count). The van der Waals surface area contributed by atoms with Crippen molar-refractivity contribution in [1.82, 2.24) is 25.1 Å². The summed E-state index contributed by atoms with van der Waals surface area (Å²) in [6, 6.07) is 0. The average molecular weight is 250 g/mol. The predicted octanol–water partition coefficient (Wildman–Crippen LogP) is 1.66. The van der Waals surface area contributed by atoms with E-state index >= 15 is 0 Å². The maximum absolute atomic E-state index is 4.50. The smallest absolute Gasteiger partial charge is 0.189 e. The van der Waals surface area contributed by atoms with Crippen molar-refractivity contribution in [3.8, 4) is 0 Å². The molecule has 17 heavy (non-hydrogen) atoms. The first-order valence-corrected chi connectivity index (χ1v) is 6.14. The Hall–Kier alpha value is -1.63. The van der Waals surface area contributed by atoms with Gasteiger partial charge in [0, 0.05) is 19.0 Å². The van der Waals surface area contributed by atoms with Crippen LogP contribution in [0.1, 0.15) is 18.3 Å². The minimum atomic E-state index is 0.732. The van der Waals surface area contributed by atoms with Gasteiger partial charge < -0.3 is 5.32 Å². The predicted molar refractivity (Wildman–Crippen MR) is 66.2 cm³/mol. The monoisotopic (exact) mass is 250 g/mol. The Bertz CT molecular complexity index is 496. The lowest BCUT2D eigenvalue weighted by Gasteiger charge is -2.09. The van der Waals surface area contributed by atoms with Gasteiger partial charge in [-0.3, -0.25) is 5.10 Å². The summed E-state index contributed by atoms with van der Waals surface area (Å²) >= 11 is 1.46. The molecule has 0 aliphatic heterocycles. The third kappa shape index (κ3) is 2.55. The van der Waals surface area contributed by atoms with E-state index in [1.807, 2.05) is 20.9 Å². The van der Waals surface area contributed by atoms with E-state index in [2.05, 4.69) is 30.5 Å². The first-order valence-electron chi connectivity index (χ1n) is 5.33. The first-order chi connectivity index (χ1) is 8.24. The maximum atomic E-state index is 4.50. The van der Waals surface area contributed by atoms with Crippen molar-refractivity contribution in [1.29, 1.82) is 0 Å². The second-order valence-corrected chi connectivity index (χ2v) is 4.39. The van der Waals surface area contributed by atoms with Crippen LogP contribution in [0.2, 0.25) is 0 Å². The fourth-order valence-corrected chi connectivity index (χ4v) is 2.16. The fourth-order valence-electron chi connectivity index (χ4n) is 1.38. The van der Waals surface area contributed by atoms with Gasteiger partial charge in [0.15, 0.2) is 5.16 Å². The van der Waals surface area contributed by atoms with Crippen LogP contribution >= 0.6 is 11.8 Å². The molecular formula is C10H14N6S. The quantitative estimate of drug-likeness (QED) is 0.803. The van der Waals surface area contributed by atoms with Crippen molar-refractivity contribution in [3.05, 3.63) is 17.7 Å². The molecule has 6 nitrogen and oxygen atoms in total. The normalized spacial score (nSPS) is 10.5. The number of nitrogens with zero attached hydrogens (tertiary/aromatic N) is 4. The van der Waals surface area contributed by atoms with Crippen LogP contribution < -0.4 is 5.32 Å². The molecule has 2 aromatic heterocycles. The Kier molecular flexibility index (Phi) is 3.58. The molecule has 0 unspecified atom stereocenters. The van der Waals surface area contributed by atoms with E-state index in [1.165, 1.54) is 18.1 Å². The van der Waals surface area contributed by atoms with Crippen molar-refractivity contribution in [2.45, 2.75) is 30.5 Å². The van der Waals surface area contributed by atoms with E-state index < -0.39 is 0 Å². The van der Waals surface area contributed by atoms with Gasteiger partial charge in [-0.25, -0.2) is 15.0 Å². The Morgan fingerprint density at radius 2 is 2.24 bits per heavy atom. The molecule has 7 heteroatoms. The van der Waals surface area contributed by atoms with Gasteiger partial charge in [-0.05, 0) is 18.7 Å². The molecular weight excluding hydrogens is 236 g/mol. The molecule has 0 bridgehead atoms. The topological polar surface area (TPSA) is 79.4 Å². The summed E-state index contributed by atoms with van der Waals surface area (Å²) in [7, 11) is 1.86. The number of aryl methyl sites for hydroxylation is 1. The second-order valence-electron chi connectivity index (χ2n) is 3.41. The lowest BCUT2D eigenvalue weighted by molar-refractivity contribution is 0.869. The summed E-state index contributed by atoms with van der Waals surface area (Å²) in [4.78, 5) is 13.0. The highest BCUT2D eigenvalue weighted by Gasteiger charge is 2.11. The Morgan fingerprint density at radius 1 is 1.41 bits per heavy atom. The van der Waals surface area contributed by atoms with Crippen molar-refractivity contribution in [2.24, 2.45) is 0 Å². The summed E-state index contributed by atoms with van der Waals surface area (Å²) in [6.07, 6.45) is 2.29. The summed E-state index contributed by atoms with van der Waals surface area (Å²) in [5.41, 5.74) is 1.02. The van der Waals surface area contributed by atoms with Gasteiger partial charge in [0.25, 0.3) is 0 Å². The molecule has 0 aliphatic rings. The van der Waals surface area contributed by atoms with E-state index in [1.54, 1.807) is 0 Å². The van der Waals surface area contributed by atoms with Gasteiger partial charge in [0.05, 0.1) is 0 Å². The Morgan fingerprint density at radius 3 is 2.82 bits per heavy atom. The van der Waals surface area contributed by atoms with Crippen LogP contribution in [0.25, 0.3) is 0 Å². The molecule has 0 amide bonds. The van der Waals surface area contributed by atoms with Crippen molar-refractivity contribution in [2.75, 3.05) is 12.4 Å². The second kappa shape index (κ2) is 5.13. The molecule has 0 fully saturated rings. The minimum Gasteiger partial charge on any atom is -0.373 e. The molecule has 0 saturated carbocycles. The molecule has 0 saturated heterocycles. The van der Waals surface area contributed by atoms with Crippen LogP contribution in [0.5, 0.6) is 0 Å². The van der Waals surface area contributed by atoms with Crippen LogP contribution in [-0.4, -0.2) is 32.2 Å². The molecule has 2 aromatic rings. The van der Waals surface area contributed by atoms with Gasteiger partial charge in [-0.15, -0.1) is 0 Å². The number of anilines is 1. The molecule has 0 radical (unpaired) electrons. The van der Waals surface area contributed by atoms with Crippen LogP contribution in [0.3, 0.4) is 0 Å². The standard InChI is InChI=1S/C10H14N6S/c1-4-7-14-8(11-3)6(2)9(15-7)17-10-12-5-13-16-10/h5H,4H2,1-3H3,(H,11,14,15)(H,12,13,16). The van der Waals surface area contributed by atoms with Gasteiger partial charge in [0.2, 0.25) is 0 Å².